The number of carbonyl (C=O) groups excluding carboxylic acids is 4. The van der Waals surface area contributed by atoms with Crippen molar-refractivity contribution >= 4 is 23.6 Å². The Morgan fingerprint density at radius 2 is 1.94 bits per heavy atom. The van der Waals surface area contributed by atoms with Gasteiger partial charge < -0.3 is 9.80 Å². The number of nitrogens with one attached hydrogen (secondary N) is 1. The molecule has 4 heterocycles. The van der Waals surface area contributed by atoms with E-state index in [1.807, 2.05) is 11.0 Å². The Bertz CT molecular complexity index is 1270. The molecular formula is C25H26N6O4. The molecule has 2 aromatic rings. The minimum Gasteiger partial charge on any atom is -0.324 e. The first-order valence-electron chi connectivity index (χ1n) is 12.2. The largest absolute Gasteiger partial charge is 0.324 e. The Morgan fingerprint density at radius 3 is 2.74 bits per heavy atom. The van der Waals surface area contributed by atoms with E-state index in [1.54, 1.807) is 23.0 Å². The van der Waals surface area contributed by atoms with Crippen LogP contribution in [0.15, 0.2) is 36.5 Å². The second kappa shape index (κ2) is 8.14. The smallest absolute Gasteiger partial charge is 0.277 e. The maximum absolute atomic E-state index is 13.3. The summed E-state index contributed by atoms with van der Waals surface area (Å²) in [4.78, 5) is 53.4. The van der Waals surface area contributed by atoms with Crippen LogP contribution >= 0.6 is 0 Å². The first-order valence-corrected chi connectivity index (χ1v) is 12.2. The van der Waals surface area contributed by atoms with Crippen LogP contribution in [0, 0.1) is 0 Å². The Morgan fingerprint density at radius 1 is 1.11 bits per heavy atom. The number of fused-ring (bicyclic) bond motifs is 1. The molecule has 1 aliphatic carbocycles. The van der Waals surface area contributed by atoms with Crippen molar-refractivity contribution in [1.29, 1.82) is 0 Å². The van der Waals surface area contributed by atoms with Gasteiger partial charge in [-0.15, -0.1) is 5.10 Å². The summed E-state index contributed by atoms with van der Waals surface area (Å²) in [5.41, 5.74) is 2.07. The van der Waals surface area contributed by atoms with Crippen molar-refractivity contribution in [3.05, 3.63) is 53.4 Å². The average Bonchev–Trinajstić information content (AvgIpc) is 3.57. The van der Waals surface area contributed by atoms with E-state index in [-0.39, 0.29) is 36.2 Å². The quantitative estimate of drug-likeness (QED) is 0.535. The SMILES string of the molecule is O=C1CCC(N2Cc3cc(-n4cc(C(=O)N5CC=CC56CCCCC6)nn4)ccc3C2=O)C(=O)N1. The number of nitrogens with zero attached hydrogens (tertiary/aromatic N) is 5. The highest BCUT2D eigenvalue weighted by molar-refractivity contribution is 6.05. The van der Waals surface area contributed by atoms with Crippen LogP contribution in [0.5, 0.6) is 0 Å². The van der Waals surface area contributed by atoms with Crippen LogP contribution in [0.1, 0.15) is 71.4 Å². The number of rotatable bonds is 3. The van der Waals surface area contributed by atoms with Gasteiger partial charge in [0.05, 0.1) is 17.4 Å². The third-order valence-electron chi connectivity index (χ3n) is 7.70. The van der Waals surface area contributed by atoms with Crippen LogP contribution in [-0.4, -0.2) is 66.5 Å². The molecule has 1 N–H and O–H groups in total. The third-order valence-corrected chi connectivity index (χ3v) is 7.70. The van der Waals surface area contributed by atoms with E-state index in [2.05, 4.69) is 27.8 Å². The van der Waals surface area contributed by atoms with E-state index >= 15 is 0 Å². The summed E-state index contributed by atoms with van der Waals surface area (Å²) < 4.78 is 1.55. The van der Waals surface area contributed by atoms with Gasteiger partial charge in [-0.2, -0.15) is 0 Å². The molecule has 1 saturated heterocycles. The molecule has 1 aromatic heterocycles. The molecule has 6 rings (SSSR count). The van der Waals surface area contributed by atoms with Gasteiger partial charge in [-0.25, -0.2) is 4.68 Å². The van der Waals surface area contributed by atoms with E-state index in [4.69, 9.17) is 0 Å². The van der Waals surface area contributed by atoms with Crippen molar-refractivity contribution in [2.45, 2.75) is 63.1 Å². The molecule has 1 saturated carbocycles. The summed E-state index contributed by atoms with van der Waals surface area (Å²) in [7, 11) is 0. The molecule has 4 aliphatic rings. The molecule has 0 bridgehead atoms. The fraction of sp³-hybridized carbons (Fsp3) is 0.440. The van der Waals surface area contributed by atoms with Gasteiger partial charge >= 0.3 is 0 Å². The molecular weight excluding hydrogens is 448 g/mol. The number of hydrogen-bond donors (Lipinski definition) is 1. The lowest BCUT2D eigenvalue weighted by Crippen LogP contribution is -2.52. The molecule has 1 atom stereocenters. The van der Waals surface area contributed by atoms with Gasteiger partial charge in [0.25, 0.3) is 11.8 Å². The van der Waals surface area contributed by atoms with E-state index in [0.717, 1.165) is 31.2 Å². The van der Waals surface area contributed by atoms with Crippen LogP contribution in [0.4, 0.5) is 0 Å². The topological polar surface area (TPSA) is 118 Å². The highest BCUT2D eigenvalue weighted by Crippen LogP contribution is 2.38. The fourth-order valence-electron chi connectivity index (χ4n) is 5.86. The number of carbonyl (C=O) groups is 4. The Kier molecular flexibility index (Phi) is 5.05. The summed E-state index contributed by atoms with van der Waals surface area (Å²) in [5, 5.41) is 10.7. The van der Waals surface area contributed by atoms with E-state index in [0.29, 0.717) is 29.9 Å². The van der Waals surface area contributed by atoms with Crippen LogP contribution < -0.4 is 5.32 Å². The van der Waals surface area contributed by atoms with Gasteiger partial charge in [0.15, 0.2) is 5.69 Å². The lowest BCUT2D eigenvalue weighted by Gasteiger charge is -2.40. The molecule has 4 amide bonds. The second-order valence-corrected chi connectivity index (χ2v) is 9.77. The summed E-state index contributed by atoms with van der Waals surface area (Å²) in [6.07, 6.45) is 11.8. The monoisotopic (exact) mass is 474 g/mol. The Hall–Kier alpha value is -3.82. The van der Waals surface area contributed by atoms with Crippen LogP contribution in [-0.2, 0) is 16.1 Å². The molecule has 35 heavy (non-hydrogen) atoms. The first-order chi connectivity index (χ1) is 16.9. The van der Waals surface area contributed by atoms with Gasteiger partial charge in [0.1, 0.15) is 6.04 Å². The number of benzene rings is 1. The number of aromatic nitrogens is 3. The number of imide groups is 1. The average molecular weight is 475 g/mol. The van der Waals surface area contributed by atoms with Crippen LogP contribution in [0.2, 0.25) is 0 Å². The van der Waals surface area contributed by atoms with Crippen LogP contribution in [0.25, 0.3) is 5.69 Å². The molecule has 2 fully saturated rings. The van der Waals surface area contributed by atoms with Crippen molar-refractivity contribution in [1.82, 2.24) is 30.1 Å². The van der Waals surface area contributed by atoms with Gasteiger partial charge in [0.2, 0.25) is 11.8 Å². The maximum atomic E-state index is 13.3. The molecule has 0 radical (unpaired) electrons. The molecule has 10 heteroatoms. The third kappa shape index (κ3) is 3.55. The zero-order chi connectivity index (χ0) is 24.2. The van der Waals surface area contributed by atoms with Gasteiger partial charge in [-0.05, 0) is 43.0 Å². The van der Waals surface area contributed by atoms with Crippen molar-refractivity contribution in [3.63, 3.8) is 0 Å². The summed E-state index contributed by atoms with van der Waals surface area (Å²) >= 11 is 0. The zero-order valence-electron chi connectivity index (χ0n) is 19.3. The predicted molar refractivity (Wildman–Crippen MR) is 123 cm³/mol. The van der Waals surface area contributed by atoms with Crippen molar-refractivity contribution in [2.24, 2.45) is 0 Å². The van der Waals surface area contributed by atoms with Crippen molar-refractivity contribution in [2.75, 3.05) is 6.54 Å². The molecule has 3 aliphatic heterocycles. The first kappa shape index (κ1) is 21.7. The summed E-state index contributed by atoms with van der Waals surface area (Å²) in [6, 6.07) is 4.65. The molecule has 10 nitrogen and oxygen atoms in total. The molecule has 1 unspecified atom stereocenters. The predicted octanol–water partition coefficient (Wildman–Crippen LogP) is 1.74. The van der Waals surface area contributed by atoms with E-state index < -0.39 is 11.9 Å². The highest BCUT2D eigenvalue weighted by Gasteiger charge is 2.42. The lowest BCUT2D eigenvalue weighted by molar-refractivity contribution is -0.136. The van der Waals surface area contributed by atoms with Crippen LogP contribution in [0.3, 0.4) is 0 Å². The number of hydrogen-bond acceptors (Lipinski definition) is 6. The Labute approximate surface area is 201 Å². The van der Waals surface area contributed by atoms with Gasteiger partial charge in [-0.1, -0.05) is 36.6 Å². The normalized spacial score (nSPS) is 23.2. The Balaban J connectivity index is 1.21. The minimum atomic E-state index is -0.659. The fourth-order valence-corrected chi connectivity index (χ4v) is 5.86. The highest BCUT2D eigenvalue weighted by atomic mass is 16.2. The zero-order valence-corrected chi connectivity index (χ0v) is 19.3. The van der Waals surface area contributed by atoms with Gasteiger partial charge in [0, 0.05) is 25.1 Å². The summed E-state index contributed by atoms with van der Waals surface area (Å²) in [5.74, 6) is -1.10. The standard InChI is InChI=1S/C25H26N6O4/c32-21-8-7-20(22(33)26-21)29-14-16-13-17(5-6-18(16)23(29)34)31-15-19(27-28-31)24(35)30-12-4-11-25(30)9-2-1-3-10-25/h4-6,11,13,15,20H,1-3,7-10,12,14H2,(H,26,32,33). The van der Waals surface area contributed by atoms with Crippen molar-refractivity contribution < 1.29 is 19.2 Å². The van der Waals surface area contributed by atoms with Crippen molar-refractivity contribution in [3.8, 4) is 5.69 Å². The maximum Gasteiger partial charge on any atom is 0.277 e. The second-order valence-electron chi connectivity index (χ2n) is 9.77. The summed E-state index contributed by atoms with van der Waals surface area (Å²) in [6.45, 7) is 0.861. The molecule has 1 spiro atoms. The van der Waals surface area contributed by atoms with E-state index in [9.17, 15) is 19.2 Å². The minimum absolute atomic E-state index is 0.122. The molecule has 180 valence electrons. The lowest BCUT2D eigenvalue weighted by atomic mass is 9.81. The van der Waals surface area contributed by atoms with E-state index in [1.165, 1.54) is 11.3 Å². The molecule has 1 aromatic carbocycles. The number of amides is 4. The van der Waals surface area contributed by atoms with Gasteiger partial charge in [-0.3, -0.25) is 24.5 Å². The number of piperidine rings is 1.